The van der Waals surface area contributed by atoms with Crippen molar-refractivity contribution in [1.29, 1.82) is 0 Å². The number of nitrogens with zero attached hydrogens (tertiary/aromatic N) is 1. The van der Waals surface area contributed by atoms with Crippen LogP contribution in [0.1, 0.15) is 42.6 Å². The van der Waals surface area contributed by atoms with E-state index in [2.05, 4.69) is 0 Å². The Morgan fingerprint density at radius 1 is 1.50 bits per heavy atom. The van der Waals surface area contributed by atoms with Crippen molar-refractivity contribution < 1.29 is 14.6 Å². The Labute approximate surface area is 120 Å². The summed E-state index contributed by atoms with van der Waals surface area (Å²) < 4.78 is 5.10. The van der Waals surface area contributed by atoms with E-state index in [0.717, 1.165) is 18.4 Å². The Hall–Kier alpha value is -1.39. The van der Waals surface area contributed by atoms with Crippen LogP contribution in [0.2, 0.25) is 0 Å². The second-order valence-electron chi connectivity index (χ2n) is 5.94. The first-order valence-electron chi connectivity index (χ1n) is 7.04. The van der Waals surface area contributed by atoms with Crippen molar-refractivity contribution in [3.8, 4) is 0 Å². The van der Waals surface area contributed by atoms with E-state index in [4.69, 9.17) is 4.74 Å². The van der Waals surface area contributed by atoms with E-state index >= 15 is 0 Å². The van der Waals surface area contributed by atoms with Gasteiger partial charge in [0, 0.05) is 19.2 Å². The average molecular weight is 277 g/mol. The number of ether oxygens (including phenoxy) is 1. The number of aliphatic hydroxyl groups is 1. The van der Waals surface area contributed by atoms with E-state index in [9.17, 15) is 9.90 Å². The topological polar surface area (TPSA) is 49.8 Å². The number of carbonyl (C=O) groups is 1. The van der Waals surface area contributed by atoms with Crippen molar-refractivity contribution >= 4 is 5.91 Å². The third kappa shape index (κ3) is 3.19. The smallest absolute Gasteiger partial charge is 0.254 e. The highest BCUT2D eigenvalue weighted by atomic mass is 16.5. The molecule has 4 heteroatoms. The lowest BCUT2D eigenvalue weighted by Gasteiger charge is -2.33. The zero-order valence-corrected chi connectivity index (χ0v) is 12.4. The number of rotatable bonds is 4. The second kappa shape index (κ2) is 5.94. The van der Waals surface area contributed by atoms with Crippen LogP contribution < -0.4 is 0 Å². The summed E-state index contributed by atoms with van der Waals surface area (Å²) in [5.74, 6) is -0.00687. The molecule has 1 aromatic carbocycles. The normalized spacial score (nSPS) is 19.4. The Bertz CT molecular complexity index is 479. The Morgan fingerprint density at radius 3 is 2.90 bits per heavy atom. The standard InChI is InChI=1S/C16H23NO3/c1-16(2,19)14-8-5-9-17(14)15(18)13-7-4-6-12(10-13)11-20-3/h4,6-7,10,14,19H,5,8-9,11H2,1-3H3. The first-order chi connectivity index (χ1) is 9.43. The highest BCUT2D eigenvalue weighted by molar-refractivity contribution is 5.94. The third-order valence-corrected chi connectivity index (χ3v) is 3.81. The van der Waals surface area contributed by atoms with Gasteiger partial charge in [0.05, 0.1) is 18.2 Å². The lowest BCUT2D eigenvalue weighted by molar-refractivity contribution is 0.000327. The maximum atomic E-state index is 12.6. The van der Waals surface area contributed by atoms with Crippen LogP contribution in [-0.4, -0.2) is 41.2 Å². The lowest BCUT2D eigenvalue weighted by Crippen LogP contribution is -2.48. The summed E-state index contributed by atoms with van der Waals surface area (Å²) in [6.45, 7) is 4.74. The molecule has 0 aliphatic carbocycles. The summed E-state index contributed by atoms with van der Waals surface area (Å²) in [4.78, 5) is 14.4. The molecule has 1 saturated heterocycles. The molecule has 4 nitrogen and oxygen atoms in total. The highest BCUT2D eigenvalue weighted by Crippen LogP contribution is 2.28. The van der Waals surface area contributed by atoms with E-state index < -0.39 is 5.60 Å². The molecule has 1 aliphatic rings. The molecule has 0 aromatic heterocycles. The molecule has 0 radical (unpaired) electrons. The zero-order chi connectivity index (χ0) is 14.8. The molecular formula is C16H23NO3. The Balaban J connectivity index is 2.20. The number of carbonyl (C=O) groups excluding carboxylic acids is 1. The van der Waals surface area contributed by atoms with Crippen molar-refractivity contribution in [2.45, 2.75) is 44.9 Å². The SMILES string of the molecule is COCc1cccc(C(=O)N2CCCC2C(C)(C)O)c1. The quantitative estimate of drug-likeness (QED) is 0.918. The van der Waals surface area contributed by atoms with Crippen LogP contribution in [-0.2, 0) is 11.3 Å². The van der Waals surface area contributed by atoms with Crippen molar-refractivity contribution in [2.24, 2.45) is 0 Å². The maximum absolute atomic E-state index is 12.6. The van der Waals surface area contributed by atoms with Gasteiger partial charge in [-0.1, -0.05) is 12.1 Å². The first kappa shape index (κ1) is 15.0. The van der Waals surface area contributed by atoms with Gasteiger partial charge in [0.2, 0.25) is 0 Å². The minimum Gasteiger partial charge on any atom is -0.388 e. The van der Waals surface area contributed by atoms with Gasteiger partial charge in [0.1, 0.15) is 0 Å². The molecule has 1 aliphatic heterocycles. The second-order valence-corrected chi connectivity index (χ2v) is 5.94. The molecule has 0 bridgehead atoms. The van der Waals surface area contributed by atoms with Crippen LogP contribution in [0.15, 0.2) is 24.3 Å². The minimum absolute atomic E-state index is 0.00687. The summed E-state index contributed by atoms with van der Waals surface area (Å²) in [7, 11) is 1.64. The molecule has 0 saturated carbocycles. The first-order valence-corrected chi connectivity index (χ1v) is 7.04. The molecule has 1 N–H and O–H groups in total. The molecule has 1 amide bonds. The molecule has 1 fully saturated rings. The van der Waals surface area contributed by atoms with Gasteiger partial charge in [-0.2, -0.15) is 0 Å². The van der Waals surface area contributed by atoms with Crippen molar-refractivity contribution in [1.82, 2.24) is 4.90 Å². The molecule has 2 rings (SSSR count). The maximum Gasteiger partial charge on any atom is 0.254 e. The fourth-order valence-electron chi connectivity index (χ4n) is 2.87. The summed E-state index contributed by atoms with van der Waals surface area (Å²) in [6, 6.07) is 7.39. The van der Waals surface area contributed by atoms with Gasteiger partial charge in [-0.05, 0) is 44.4 Å². The minimum atomic E-state index is -0.865. The van der Waals surface area contributed by atoms with Gasteiger partial charge in [-0.25, -0.2) is 0 Å². The summed E-state index contributed by atoms with van der Waals surface area (Å²) in [5.41, 5.74) is 0.782. The van der Waals surface area contributed by atoms with Gasteiger partial charge in [0.25, 0.3) is 5.91 Å². The predicted molar refractivity (Wildman–Crippen MR) is 77.5 cm³/mol. The highest BCUT2D eigenvalue weighted by Gasteiger charge is 2.38. The number of benzene rings is 1. The molecule has 20 heavy (non-hydrogen) atoms. The van der Waals surface area contributed by atoms with Crippen molar-refractivity contribution in [2.75, 3.05) is 13.7 Å². The molecule has 1 atom stereocenters. The summed E-state index contributed by atoms with van der Waals surface area (Å²) >= 11 is 0. The monoisotopic (exact) mass is 277 g/mol. The van der Waals surface area contributed by atoms with Gasteiger partial charge < -0.3 is 14.7 Å². The van der Waals surface area contributed by atoms with Crippen LogP contribution in [0.5, 0.6) is 0 Å². The van der Waals surface area contributed by atoms with Crippen LogP contribution in [0, 0.1) is 0 Å². The van der Waals surface area contributed by atoms with Gasteiger partial charge in [-0.3, -0.25) is 4.79 Å². The number of hydrogen-bond acceptors (Lipinski definition) is 3. The van der Waals surface area contributed by atoms with E-state index in [1.54, 1.807) is 25.9 Å². The number of likely N-dealkylation sites (tertiary alicyclic amines) is 1. The van der Waals surface area contributed by atoms with Crippen molar-refractivity contribution in [3.05, 3.63) is 35.4 Å². The van der Waals surface area contributed by atoms with E-state index in [0.29, 0.717) is 18.7 Å². The molecule has 1 heterocycles. The number of hydrogen-bond donors (Lipinski definition) is 1. The Kier molecular flexibility index (Phi) is 4.45. The van der Waals surface area contributed by atoms with Crippen LogP contribution in [0.4, 0.5) is 0 Å². The summed E-state index contributed by atoms with van der Waals surface area (Å²) in [5, 5.41) is 10.2. The fraction of sp³-hybridized carbons (Fsp3) is 0.562. The lowest BCUT2D eigenvalue weighted by atomic mass is 9.96. The third-order valence-electron chi connectivity index (χ3n) is 3.81. The number of methoxy groups -OCH3 is 1. The van der Waals surface area contributed by atoms with E-state index in [1.165, 1.54) is 0 Å². The van der Waals surface area contributed by atoms with Crippen LogP contribution in [0.25, 0.3) is 0 Å². The molecule has 110 valence electrons. The van der Waals surface area contributed by atoms with Gasteiger partial charge in [0.15, 0.2) is 0 Å². The number of amides is 1. The predicted octanol–water partition coefficient (Wildman–Crippen LogP) is 2.21. The average Bonchev–Trinajstić information content (AvgIpc) is 2.87. The zero-order valence-electron chi connectivity index (χ0n) is 12.4. The molecule has 0 spiro atoms. The molecular weight excluding hydrogens is 254 g/mol. The van der Waals surface area contributed by atoms with E-state index in [1.807, 2.05) is 24.3 Å². The van der Waals surface area contributed by atoms with Gasteiger partial charge in [-0.15, -0.1) is 0 Å². The van der Waals surface area contributed by atoms with E-state index in [-0.39, 0.29) is 11.9 Å². The van der Waals surface area contributed by atoms with Crippen LogP contribution in [0.3, 0.4) is 0 Å². The molecule has 1 aromatic rings. The summed E-state index contributed by atoms with van der Waals surface area (Å²) in [6.07, 6.45) is 1.80. The Morgan fingerprint density at radius 2 is 2.25 bits per heavy atom. The fourth-order valence-corrected chi connectivity index (χ4v) is 2.87. The van der Waals surface area contributed by atoms with Crippen molar-refractivity contribution in [3.63, 3.8) is 0 Å². The largest absolute Gasteiger partial charge is 0.388 e. The van der Waals surface area contributed by atoms with Gasteiger partial charge >= 0.3 is 0 Å². The van der Waals surface area contributed by atoms with Crippen LogP contribution >= 0.6 is 0 Å². The molecule has 1 unspecified atom stereocenters.